The van der Waals surface area contributed by atoms with Crippen LogP contribution < -0.4 is 10.6 Å². The summed E-state index contributed by atoms with van der Waals surface area (Å²) in [5, 5.41) is 6.31. The van der Waals surface area contributed by atoms with Gasteiger partial charge in [-0.1, -0.05) is 33.6 Å². The van der Waals surface area contributed by atoms with Crippen molar-refractivity contribution in [3.8, 4) is 0 Å². The van der Waals surface area contributed by atoms with Crippen LogP contribution >= 0.6 is 0 Å². The van der Waals surface area contributed by atoms with Gasteiger partial charge in [0.25, 0.3) is 0 Å². The number of hydrogen-bond donors (Lipinski definition) is 2. The van der Waals surface area contributed by atoms with E-state index in [0.29, 0.717) is 36.6 Å². The minimum absolute atomic E-state index is 0.00192. The van der Waals surface area contributed by atoms with Gasteiger partial charge in [0.15, 0.2) is 0 Å². The molecule has 4 rings (SSSR count). The molecule has 0 bridgehead atoms. The van der Waals surface area contributed by atoms with E-state index >= 15 is 0 Å². The Morgan fingerprint density at radius 3 is 2.52 bits per heavy atom. The largest absolute Gasteiger partial charge is 0.353 e. The van der Waals surface area contributed by atoms with Crippen LogP contribution in [0.2, 0.25) is 0 Å². The van der Waals surface area contributed by atoms with E-state index in [9.17, 15) is 18.4 Å². The zero-order valence-corrected chi connectivity index (χ0v) is 21.0. The summed E-state index contributed by atoms with van der Waals surface area (Å²) in [5.41, 5.74) is 0.118. The maximum Gasteiger partial charge on any atom is 0.243 e. The number of nitrogens with one attached hydrogen (secondary N) is 2. The number of alkyl halides is 2. The van der Waals surface area contributed by atoms with Crippen molar-refractivity contribution >= 4 is 11.8 Å². The molecular weight excluding hydrogens is 422 g/mol. The van der Waals surface area contributed by atoms with Gasteiger partial charge in [0.2, 0.25) is 18.2 Å². The molecular formula is C27H44F2N2O2. The van der Waals surface area contributed by atoms with Crippen molar-refractivity contribution in [2.24, 2.45) is 40.4 Å². The first-order chi connectivity index (χ1) is 15.6. The van der Waals surface area contributed by atoms with E-state index in [1.54, 1.807) is 6.92 Å². The fourth-order valence-electron chi connectivity index (χ4n) is 8.60. The van der Waals surface area contributed by atoms with Crippen LogP contribution in [0.25, 0.3) is 0 Å². The third-order valence-corrected chi connectivity index (χ3v) is 10.6. The summed E-state index contributed by atoms with van der Waals surface area (Å²) in [6.07, 6.45) is 7.54. The lowest BCUT2D eigenvalue weighted by atomic mass is 9.47. The molecule has 4 aliphatic rings. The Hall–Kier alpha value is -1.20. The highest BCUT2D eigenvalue weighted by atomic mass is 19.3. The quantitative estimate of drug-likeness (QED) is 0.506. The van der Waals surface area contributed by atoms with Crippen molar-refractivity contribution in [1.82, 2.24) is 10.6 Å². The Balaban J connectivity index is 1.45. The fraction of sp³-hybridized carbons (Fsp3) is 0.926. The van der Waals surface area contributed by atoms with Crippen LogP contribution in [0.1, 0.15) is 98.3 Å². The van der Waals surface area contributed by atoms with E-state index in [0.717, 1.165) is 57.8 Å². The van der Waals surface area contributed by atoms with Crippen molar-refractivity contribution in [2.45, 2.75) is 117 Å². The van der Waals surface area contributed by atoms with E-state index < -0.39 is 18.4 Å². The summed E-state index contributed by atoms with van der Waals surface area (Å²) >= 11 is 0. The highest BCUT2D eigenvalue weighted by molar-refractivity contribution is 5.80. The van der Waals surface area contributed by atoms with Gasteiger partial charge in [-0.05, 0) is 86.9 Å². The number of carbonyl (C=O) groups is 2. The molecule has 2 N–H and O–H groups in total. The summed E-state index contributed by atoms with van der Waals surface area (Å²) in [7, 11) is 0. The standard InChI is InChI=1S/C27H44F2N2O2/c1-5-6-7-17(24(28)29)16(2)30-25(33)21-10-9-19-18-8-11-22-27(4,15-13-23(32)31-22)20(18)12-14-26(19,21)3/h16-22,24H,5-15H2,1-4H3,(H,30,33)(H,31,32)/t16?,17?,18-,19-,20+,21?,22?,26-,27+/m0/s1. The van der Waals surface area contributed by atoms with Crippen molar-refractivity contribution < 1.29 is 18.4 Å². The first-order valence-electron chi connectivity index (χ1n) is 13.5. The molecule has 33 heavy (non-hydrogen) atoms. The first kappa shape index (κ1) is 24.9. The van der Waals surface area contributed by atoms with Crippen LogP contribution in [0.15, 0.2) is 0 Å². The van der Waals surface area contributed by atoms with Gasteiger partial charge in [0.1, 0.15) is 0 Å². The number of piperidine rings is 1. The molecule has 4 fully saturated rings. The highest BCUT2D eigenvalue weighted by Gasteiger charge is 2.61. The lowest BCUT2D eigenvalue weighted by molar-refractivity contribution is -0.142. The molecule has 9 atom stereocenters. The molecule has 0 spiro atoms. The van der Waals surface area contributed by atoms with E-state index in [1.165, 1.54) is 0 Å². The van der Waals surface area contributed by atoms with E-state index in [1.807, 2.05) is 6.92 Å². The molecule has 4 nitrogen and oxygen atoms in total. The zero-order valence-electron chi connectivity index (χ0n) is 21.0. The van der Waals surface area contributed by atoms with Crippen LogP contribution in [-0.2, 0) is 9.59 Å². The minimum Gasteiger partial charge on any atom is -0.353 e. The molecule has 1 aliphatic heterocycles. The van der Waals surface area contributed by atoms with E-state index in [-0.39, 0.29) is 28.6 Å². The van der Waals surface area contributed by atoms with Gasteiger partial charge < -0.3 is 10.6 Å². The van der Waals surface area contributed by atoms with E-state index in [4.69, 9.17) is 0 Å². The smallest absolute Gasteiger partial charge is 0.243 e. The summed E-state index contributed by atoms with van der Waals surface area (Å²) in [5.74, 6) is 1.07. The topological polar surface area (TPSA) is 58.2 Å². The molecule has 6 heteroatoms. The lowest BCUT2D eigenvalue weighted by Crippen LogP contribution is -2.61. The van der Waals surface area contributed by atoms with Gasteiger partial charge in [-0.3, -0.25) is 9.59 Å². The van der Waals surface area contributed by atoms with Gasteiger partial charge in [0, 0.05) is 30.3 Å². The number of fused-ring (bicyclic) bond motifs is 5. The van der Waals surface area contributed by atoms with Gasteiger partial charge in [-0.25, -0.2) is 8.78 Å². The molecule has 0 aromatic rings. The average Bonchev–Trinajstić information content (AvgIpc) is 3.11. The number of rotatable bonds is 7. The second-order valence-corrected chi connectivity index (χ2v) is 12.2. The molecule has 0 radical (unpaired) electrons. The van der Waals surface area contributed by atoms with Crippen LogP contribution in [0, 0.1) is 40.4 Å². The molecule has 1 heterocycles. The molecule has 3 aliphatic carbocycles. The SMILES string of the molecule is CCCCC(C(F)F)C(C)NC(=O)C1CC[C@H]2[C@@H]3CCC4NC(=O)CC[C@]4(C)[C@@H]3CC[C@]12C. The van der Waals surface area contributed by atoms with Crippen LogP contribution in [0.5, 0.6) is 0 Å². The molecule has 0 aromatic carbocycles. The molecule has 188 valence electrons. The first-order valence-corrected chi connectivity index (χ1v) is 13.5. The van der Waals surface area contributed by atoms with E-state index in [2.05, 4.69) is 24.5 Å². The monoisotopic (exact) mass is 466 g/mol. The number of carbonyl (C=O) groups excluding carboxylic acids is 2. The second-order valence-electron chi connectivity index (χ2n) is 12.2. The predicted molar refractivity (Wildman–Crippen MR) is 126 cm³/mol. The molecule has 4 unspecified atom stereocenters. The van der Waals surface area contributed by atoms with Gasteiger partial charge >= 0.3 is 0 Å². The summed E-state index contributed by atoms with van der Waals surface area (Å²) < 4.78 is 27.3. The molecule has 0 aromatic heterocycles. The fourth-order valence-corrected chi connectivity index (χ4v) is 8.60. The summed E-state index contributed by atoms with van der Waals surface area (Å²) in [6.45, 7) is 8.46. The molecule has 2 amide bonds. The highest BCUT2D eigenvalue weighted by Crippen LogP contribution is 2.65. The number of hydrogen-bond acceptors (Lipinski definition) is 2. The Labute approximate surface area is 198 Å². The number of amides is 2. The van der Waals surface area contributed by atoms with Crippen molar-refractivity contribution in [3.05, 3.63) is 0 Å². The normalized spacial score (nSPS) is 42.0. The Kier molecular flexibility index (Phi) is 7.13. The van der Waals surface area contributed by atoms with Crippen molar-refractivity contribution in [1.29, 1.82) is 0 Å². The predicted octanol–water partition coefficient (Wildman–Crippen LogP) is 5.70. The van der Waals surface area contributed by atoms with Crippen molar-refractivity contribution in [2.75, 3.05) is 0 Å². The average molecular weight is 467 g/mol. The van der Waals surface area contributed by atoms with Gasteiger partial charge in [-0.2, -0.15) is 0 Å². The summed E-state index contributed by atoms with van der Waals surface area (Å²) in [4.78, 5) is 25.4. The van der Waals surface area contributed by atoms with Crippen LogP contribution in [0.4, 0.5) is 8.78 Å². The third-order valence-electron chi connectivity index (χ3n) is 10.6. The van der Waals surface area contributed by atoms with Crippen LogP contribution in [0.3, 0.4) is 0 Å². The number of unbranched alkanes of at least 4 members (excludes halogenated alkanes) is 1. The minimum atomic E-state index is -2.40. The summed E-state index contributed by atoms with van der Waals surface area (Å²) in [6, 6.07) is -0.205. The maximum absolute atomic E-state index is 13.6. The second kappa shape index (κ2) is 9.45. The molecule has 1 saturated heterocycles. The Morgan fingerprint density at radius 2 is 1.82 bits per heavy atom. The number of halogens is 2. The third kappa shape index (κ3) is 4.33. The van der Waals surface area contributed by atoms with Crippen LogP contribution in [-0.4, -0.2) is 30.3 Å². The maximum atomic E-state index is 13.6. The van der Waals surface area contributed by atoms with Gasteiger partial charge in [0.05, 0.1) is 0 Å². The zero-order chi connectivity index (χ0) is 24.0. The lowest BCUT2D eigenvalue weighted by Gasteiger charge is -2.60. The van der Waals surface area contributed by atoms with Crippen molar-refractivity contribution in [3.63, 3.8) is 0 Å². The van der Waals surface area contributed by atoms with Gasteiger partial charge in [-0.15, -0.1) is 0 Å². The molecule has 3 saturated carbocycles. The Bertz CT molecular complexity index is 746. The Morgan fingerprint density at radius 1 is 1.09 bits per heavy atom.